The van der Waals surface area contributed by atoms with Gasteiger partial charge in [0.25, 0.3) is 0 Å². The maximum atomic E-state index is 10.6. The second kappa shape index (κ2) is 6.18. The second-order valence-corrected chi connectivity index (χ2v) is 6.35. The highest BCUT2D eigenvalue weighted by Gasteiger charge is 2.13. The van der Waals surface area contributed by atoms with Crippen LogP contribution in [0, 0.1) is 0 Å². The third-order valence-electron chi connectivity index (χ3n) is 3.58. The van der Waals surface area contributed by atoms with Crippen molar-refractivity contribution in [3.05, 3.63) is 81.3 Å². The number of hydrogen-bond donors (Lipinski definition) is 1. The van der Waals surface area contributed by atoms with Crippen LogP contribution in [0.15, 0.2) is 65.1 Å². The molecule has 1 N–H and O–H groups in total. The summed E-state index contributed by atoms with van der Waals surface area (Å²) in [6, 6.07) is 19.7. The van der Waals surface area contributed by atoms with E-state index < -0.39 is 6.10 Å². The molecule has 0 radical (unpaired) electrons. The summed E-state index contributed by atoms with van der Waals surface area (Å²) in [6.07, 6.45) is 0.0203. The fraction of sp³-hybridized carbons (Fsp3) is 0.111. The molecule has 0 heterocycles. The zero-order chi connectivity index (χ0) is 14.8. The molecule has 0 spiro atoms. The number of halogens is 2. The monoisotopic (exact) mass is 360 g/mol. The summed E-state index contributed by atoms with van der Waals surface area (Å²) in [5.41, 5.74) is 2.01. The summed E-state index contributed by atoms with van der Waals surface area (Å²) < 4.78 is 1.02. The summed E-state index contributed by atoms with van der Waals surface area (Å²) in [4.78, 5) is 0. The average molecular weight is 362 g/mol. The van der Waals surface area contributed by atoms with Crippen molar-refractivity contribution >= 4 is 38.3 Å². The molecule has 0 aliphatic carbocycles. The predicted octanol–water partition coefficient (Wildman–Crippen LogP) is 5.53. The lowest BCUT2D eigenvalue weighted by atomic mass is 9.96. The Labute approximate surface area is 137 Å². The molecule has 1 nitrogen and oxygen atoms in total. The van der Waals surface area contributed by atoms with E-state index in [2.05, 4.69) is 15.9 Å². The van der Waals surface area contributed by atoms with Crippen LogP contribution in [0.4, 0.5) is 0 Å². The summed E-state index contributed by atoms with van der Waals surface area (Å²) >= 11 is 9.69. The normalized spacial score (nSPS) is 12.5. The van der Waals surface area contributed by atoms with Crippen LogP contribution in [0.1, 0.15) is 17.2 Å². The Morgan fingerprint density at radius 1 is 0.952 bits per heavy atom. The van der Waals surface area contributed by atoms with E-state index in [-0.39, 0.29) is 0 Å². The topological polar surface area (TPSA) is 20.2 Å². The fourth-order valence-electron chi connectivity index (χ4n) is 2.57. The van der Waals surface area contributed by atoms with Crippen molar-refractivity contribution in [3.63, 3.8) is 0 Å². The maximum Gasteiger partial charge on any atom is 0.0836 e. The first kappa shape index (κ1) is 14.6. The Hall–Kier alpha value is -1.35. The third kappa shape index (κ3) is 3.13. The Morgan fingerprint density at radius 3 is 2.48 bits per heavy atom. The van der Waals surface area contributed by atoms with Crippen LogP contribution in [0.25, 0.3) is 10.8 Å². The van der Waals surface area contributed by atoms with E-state index in [4.69, 9.17) is 11.6 Å². The minimum atomic E-state index is -0.554. The van der Waals surface area contributed by atoms with Crippen molar-refractivity contribution in [2.24, 2.45) is 0 Å². The molecule has 0 saturated carbocycles. The smallest absolute Gasteiger partial charge is 0.0836 e. The highest BCUT2D eigenvalue weighted by Crippen LogP contribution is 2.31. The van der Waals surface area contributed by atoms with Crippen LogP contribution in [0.2, 0.25) is 5.02 Å². The van der Waals surface area contributed by atoms with Gasteiger partial charge >= 0.3 is 0 Å². The molecule has 106 valence electrons. The van der Waals surface area contributed by atoms with E-state index in [1.54, 1.807) is 0 Å². The van der Waals surface area contributed by atoms with Gasteiger partial charge in [0.2, 0.25) is 0 Å². The number of aliphatic hydroxyl groups is 1. The SMILES string of the molecule is OC(Cc1cccc(Br)c1)c1ccc(Cl)c2ccccc12. The molecule has 21 heavy (non-hydrogen) atoms. The predicted molar refractivity (Wildman–Crippen MR) is 91.8 cm³/mol. The van der Waals surface area contributed by atoms with Gasteiger partial charge in [-0.25, -0.2) is 0 Å². The highest BCUT2D eigenvalue weighted by atomic mass is 79.9. The quantitative estimate of drug-likeness (QED) is 0.650. The molecule has 0 aromatic heterocycles. The standard InChI is InChI=1S/C18H14BrClO/c19-13-5-3-4-12(10-13)11-18(21)16-8-9-17(20)15-7-2-1-6-14(15)16/h1-10,18,21H,11H2. The second-order valence-electron chi connectivity index (χ2n) is 5.03. The van der Waals surface area contributed by atoms with E-state index in [9.17, 15) is 5.11 Å². The van der Waals surface area contributed by atoms with Crippen LogP contribution in [-0.4, -0.2) is 5.11 Å². The lowest BCUT2D eigenvalue weighted by Crippen LogP contribution is -2.02. The van der Waals surface area contributed by atoms with Crippen LogP contribution in [0.5, 0.6) is 0 Å². The minimum absolute atomic E-state index is 0.554. The molecule has 3 aromatic carbocycles. The lowest BCUT2D eigenvalue weighted by molar-refractivity contribution is 0.180. The molecule has 3 aromatic rings. The molecular formula is C18H14BrClO. The number of hydrogen-bond acceptors (Lipinski definition) is 1. The molecular weight excluding hydrogens is 348 g/mol. The first-order valence-electron chi connectivity index (χ1n) is 6.75. The van der Waals surface area contributed by atoms with E-state index in [1.807, 2.05) is 60.7 Å². The van der Waals surface area contributed by atoms with Gasteiger partial charge in [-0.2, -0.15) is 0 Å². The number of fused-ring (bicyclic) bond motifs is 1. The summed E-state index contributed by atoms with van der Waals surface area (Å²) in [6.45, 7) is 0. The van der Waals surface area contributed by atoms with Crippen molar-refractivity contribution in [3.8, 4) is 0 Å². The largest absolute Gasteiger partial charge is 0.388 e. The molecule has 0 saturated heterocycles. The molecule has 3 rings (SSSR count). The molecule has 3 heteroatoms. The molecule has 0 bridgehead atoms. The van der Waals surface area contributed by atoms with Crippen molar-refractivity contribution in [2.75, 3.05) is 0 Å². The van der Waals surface area contributed by atoms with Gasteiger partial charge in [-0.3, -0.25) is 0 Å². The van der Waals surface area contributed by atoms with Crippen molar-refractivity contribution in [1.82, 2.24) is 0 Å². The summed E-state index contributed by atoms with van der Waals surface area (Å²) in [5.74, 6) is 0. The Bertz CT molecular complexity index is 785. The maximum absolute atomic E-state index is 10.6. The van der Waals surface area contributed by atoms with Gasteiger partial charge in [0.1, 0.15) is 0 Å². The number of benzene rings is 3. The third-order valence-corrected chi connectivity index (χ3v) is 4.40. The first-order chi connectivity index (χ1) is 10.1. The zero-order valence-electron chi connectivity index (χ0n) is 11.3. The van der Waals surface area contributed by atoms with Crippen LogP contribution in [-0.2, 0) is 6.42 Å². The summed E-state index contributed by atoms with van der Waals surface area (Å²) in [5, 5.41) is 13.3. The van der Waals surface area contributed by atoms with Gasteiger partial charge in [0, 0.05) is 21.3 Å². The van der Waals surface area contributed by atoms with Gasteiger partial charge in [0.05, 0.1) is 6.10 Å². The molecule has 1 atom stereocenters. The van der Waals surface area contributed by atoms with Crippen LogP contribution in [0.3, 0.4) is 0 Å². The van der Waals surface area contributed by atoms with E-state index in [0.29, 0.717) is 11.4 Å². The Kier molecular flexibility index (Phi) is 4.29. The molecule has 1 unspecified atom stereocenters. The van der Waals surface area contributed by atoms with Crippen molar-refractivity contribution in [1.29, 1.82) is 0 Å². The van der Waals surface area contributed by atoms with E-state index >= 15 is 0 Å². The van der Waals surface area contributed by atoms with E-state index in [0.717, 1.165) is 26.4 Å². The van der Waals surface area contributed by atoms with Gasteiger partial charge in [0.15, 0.2) is 0 Å². The van der Waals surface area contributed by atoms with Crippen LogP contribution >= 0.6 is 27.5 Å². The molecule has 0 aliphatic heterocycles. The van der Waals surface area contributed by atoms with Gasteiger partial charge in [-0.05, 0) is 34.7 Å². The van der Waals surface area contributed by atoms with Crippen molar-refractivity contribution in [2.45, 2.75) is 12.5 Å². The van der Waals surface area contributed by atoms with Gasteiger partial charge < -0.3 is 5.11 Å². The average Bonchev–Trinajstić information content (AvgIpc) is 2.48. The fourth-order valence-corrected chi connectivity index (χ4v) is 3.25. The molecule has 0 fully saturated rings. The molecule has 0 aliphatic rings. The lowest BCUT2D eigenvalue weighted by Gasteiger charge is -2.15. The Balaban J connectivity index is 1.98. The van der Waals surface area contributed by atoms with Gasteiger partial charge in [-0.1, -0.05) is 70.0 Å². The number of aliphatic hydroxyl groups excluding tert-OH is 1. The summed E-state index contributed by atoms with van der Waals surface area (Å²) in [7, 11) is 0. The van der Waals surface area contributed by atoms with Gasteiger partial charge in [-0.15, -0.1) is 0 Å². The van der Waals surface area contributed by atoms with E-state index in [1.165, 1.54) is 0 Å². The highest BCUT2D eigenvalue weighted by molar-refractivity contribution is 9.10. The minimum Gasteiger partial charge on any atom is -0.388 e. The Morgan fingerprint density at radius 2 is 1.71 bits per heavy atom. The van der Waals surface area contributed by atoms with Crippen molar-refractivity contribution < 1.29 is 5.11 Å². The molecule has 0 amide bonds. The first-order valence-corrected chi connectivity index (χ1v) is 7.92. The van der Waals surface area contributed by atoms with Crippen LogP contribution < -0.4 is 0 Å². The number of rotatable bonds is 3. The zero-order valence-corrected chi connectivity index (χ0v) is 13.6.